The molecule has 0 bridgehead atoms. The number of amides is 1. The Morgan fingerprint density at radius 2 is 1.89 bits per heavy atom. The summed E-state index contributed by atoms with van der Waals surface area (Å²) in [6, 6.07) is -0.0612. The van der Waals surface area contributed by atoms with Gasteiger partial charge in [0.1, 0.15) is 6.54 Å². The Kier molecular flexibility index (Phi) is 5.79. The first kappa shape index (κ1) is 16.0. The Balaban J connectivity index is 2.92. The number of aliphatic carboxylic acids is 1. The monoisotopic (exact) mass is 270 g/mol. The smallest absolute Gasteiger partial charge is 0.323 e. The predicted octanol–water partition coefficient (Wildman–Crippen LogP) is 1.61. The molecule has 3 N–H and O–H groups in total. The van der Waals surface area contributed by atoms with Crippen LogP contribution >= 0.6 is 0 Å². The van der Waals surface area contributed by atoms with Gasteiger partial charge in [0.05, 0.1) is 5.41 Å². The van der Waals surface area contributed by atoms with Crippen molar-refractivity contribution >= 4 is 11.9 Å². The highest BCUT2D eigenvalue weighted by Crippen LogP contribution is 2.37. The van der Waals surface area contributed by atoms with E-state index in [2.05, 4.69) is 0 Å². The third kappa shape index (κ3) is 3.69. The first-order chi connectivity index (χ1) is 8.96. The third-order valence-electron chi connectivity index (χ3n) is 4.34. The Morgan fingerprint density at radius 1 is 1.32 bits per heavy atom. The molecule has 0 aliphatic heterocycles. The number of carboxylic acid groups (broad SMARTS) is 1. The molecule has 1 unspecified atom stereocenters. The summed E-state index contributed by atoms with van der Waals surface area (Å²) in [5.41, 5.74) is 5.32. The second-order valence-electron chi connectivity index (χ2n) is 5.63. The molecule has 1 amide bonds. The van der Waals surface area contributed by atoms with Crippen LogP contribution in [-0.2, 0) is 9.59 Å². The molecule has 0 radical (unpaired) electrons. The minimum Gasteiger partial charge on any atom is -0.480 e. The van der Waals surface area contributed by atoms with Gasteiger partial charge < -0.3 is 15.7 Å². The summed E-state index contributed by atoms with van der Waals surface area (Å²) in [7, 11) is 0. The highest BCUT2D eigenvalue weighted by atomic mass is 16.4. The minimum atomic E-state index is -0.961. The van der Waals surface area contributed by atoms with E-state index >= 15 is 0 Å². The molecule has 0 aromatic rings. The van der Waals surface area contributed by atoms with Crippen LogP contribution in [0.5, 0.6) is 0 Å². The molecule has 0 aromatic heterocycles. The number of hydrogen-bond donors (Lipinski definition) is 2. The molecule has 5 heteroatoms. The van der Waals surface area contributed by atoms with Crippen molar-refractivity contribution in [2.75, 3.05) is 13.1 Å². The Bertz CT molecular complexity index is 325. The number of carbonyl (C=O) groups is 2. The summed E-state index contributed by atoms with van der Waals surface area (Å²) in [4.78, 5) is 25.3. The van der Waals surface area contributed by atoms with Crippen LogP contribution in [0.25, 0.3) is 0 Å². The third-order valence-corrected chi connectivity index (χ3v) is 4.34. The molecule has 1 fully saturated rings. The van der Waals surface area contributed by atoms with Gasteiger partial charge in [0.15, 0.2) is 0 Å². The van der Waals surface area contributed by atoms with Gasteiger partial charge in [-0.25, -0.2) is 0 Å². The van der Waals surface area contributed by atoms with Gasteiger partial charge in [-0.15, -0.1) is 0 Å². The maximum atomic E-state index is 12.8. The normalized spacial score (nSPS) is 19.7. The van der Waals surface area contributed by atoms with Crippen LogP contribution in [0.15, 0.2) is 0 Å². The summed E-state index contributed by atoms with van der Waals surface area (Å²) in [6.45, 7) is 3.95. The van der Waals surface area contributed by atoms with E-state index in [0.29, 0.717) is 6.54 Å². The quantitative estimate of drug-likeness (QED) is 0.768. The van der Waals surface area contributed by atoms with Crippen LogP contribution in [0, 0.1) is 5.41 Å². The van der Waals surface area contributed by atoms with Crippen LogP contribution < -0.4 is 5.73 Å². The van der Waals surface area contributed by atoms with Gasteiger partial charge in [0.25, 0.3) is 0 Å². The lowest BCUT2D eigenvalue weighted by molar-refractivity contribution is -0.153. The Hall–Kier alpha value is -1.10. The summed E-state index contributed by atoms with van der Waals surface area (Å²) in [5, 5.41) is 9.01. The lowest BCUT2D eigenvalue weighted by Crippen LogP contribution is -2.53. The lowest BCUT2D eigenvalue weighted by Gasteiger charge is -2.40. The van der Waals surface area contributed by atoms with Crippen molar-refractivity contribution < 1.29 is 14.7 Å². The van der Waals surface area contributed by atoms with E-state index in [1.165, 1.54) is 4.90 Å². The number of hydrogen-bond acceptors (Lipinski definition) is 3. The van der Waals surface area contributed by atoms with Crippen molar-refractivity contribution in [3.05, 3.63) is 0 Å². The van der Waals surface area contributed by atoms with Gasteiger partial charge in [0, 0.05) is 12.6 Å². The van der Waals surface area contributed by atoms with Crippen molar-refractivity contribution in [2.45, 2.75) is 58.4 Å². The lowest BCUT2D eigenvalue weighted by atomic mass is 9.72. The maximum Gasteiger partial charge on any atom is 0.323 e. The van der Waals surface area contributed by atoms with Gasteiger partial charge in [0.2, 0.25) is 5.91 Å². The zero-order valence-corrected chi connectivity index (χ0v) is 12.0. The van der Waals surface area contributed by atoms with Crippen molar-refractivity contribution in [1.82, 2.24) is 4.90 Å². The summed E-state index contributed by atoms with van der Waals surface area (Å²) in [5.74, 6) is -1.02. The fraction of sp³-hybridized carbons (Fsp3) is 0.857. The first-order valence-corrected chi connectivity index (χ1v) is 7.20. The molecule has 0 spiro atoms. The zero-order valence-electron chi connectivity index (χ0n) is 12.0. The van der Waals surface area contributed by atoms with E-state index in [1.54, 1.807) is 0 Å². The van der Waals surface area contributed by atoms with Gasteiger partial charge in [-0.05, 0) is 26.2 Å². The van der Waals surface area contributed by atoms with Crippen molar-refractivity contribution in [2.24, 2.45) is 11.1 Å². The van der Waals surface area contributed by atoms with Gasteiger partial charge in [-0.3, -0.25) is 9.59 Å². The van der Waals surface area contributed by atoms with Gasteiger partial charge in [-0.2, -0.15) is 0 Å². The molecular formula is C14H26N2O3. The van der Waals surface area contributed by atoms with E-state index in [4.69, 9.17) is 10.8 Å². The molecule has 110 valence electrons. The highest BCUT2D eigenvalue weighted by molar-refractivity contribution is 5.86. The summed E-state index contributed by atoms with van der Waals surface area (Å²) in [6.07, 6.45) is 5.47. The number of rotatable bonds is 6. The molecule has 1 atom stereocenters. The second kappa shape index (κ2) is 6.89. The van der Waals surface area contributed by atoms with Crippen molar-refractivity contribution in [3.63, 3.8) is 0 Å². The SMILES string of the molecule is CCC(C)N(CC(=O)O)C(=O)C1(CN)CCCCC1. The molecule has 19 heavy (non-hydrogen) atoms. The average Bonchev–Trinajstić information content (AvgIpc) is 2.43. The average molecular weight is 270 g/mol. The number of nitrogens with two attached hydrogens (primary N) is 1. The summed E-state index contributed by atoms with van der Waals surface area (Å²) < 4.78 is 0. The van der Waals surface area contributed by atoms with E-state index < -0.39 is 11.4 Å². The van der Waals surface area contributed by atoms with E-state index in [1.807, 2.05) is 13.8 Å². The zero-order chi connectivity index (χ0) is 14.5. The molecule has 1 aliphatic carbocycles. The number of carbonyl (C=O) groups excluding carboxylic acids is 1. The van der Waals surface area contributed by atoms with Crippen LogP contribution in [0.1, 0.15) is 52.4 Å². The highest BCUT2D eigenvalue weighted by Gasteiger charge is 2.42. The second-order valence-corrected chi connectivity index (χ2v) is 5.63. The minimum absolute atomic E-state index is 0.0612. The first-order valence-electron chi connectivity index (χ1n) is 7.20. The fourth-order valence-electron chi connectivity index (χ4n) is 2.83. The van der Waals surface area contributed by atoms with Crippen LogP contribution in [0.3, 0.4) is 0 Å². The van der Waals surface area contributed by atoms with E-state index in [9.17, 15) is 9.59 Å². The molecule has 0 heterocycles. The molecule has 1 rings (SSSR count). The van der Waals surface area contributed by atoms with Crippen molar-refractivity contribution in [1.29, 1.82) is 0 Å². The molecular weight excluding hydrogens is 244 g/mol. The van der Waals surface area contributed by atoms with Gasteiger partial charge in [-0.1, -0.05) is 26.2 Å². The molecule has 1 saturated carbocycles. The molecule has 0 aromatic carbocycles. The van der Waals surface area contributed by atoms with Crippen LogP contribution in [0.4, 0.5) is 0 Å². The molecule has 1 aliphatic rings. The largest absolute Gasteiger partial charge is 0.480 e. The van der Waals surface area contributed by atoms with Crippen molar-refractivity contribution in [3.8, 4) is 0 Å². The standard InChI is InChI=1S/C14H26N2O3/c1-3-11(2)16(9-12(17)18)13(19)14(10-15)7-5-4-6-8-14/h11H,3-10,15H2,1-2H3,(H,17,18). The molecule has 0 saturated heterocycles. The van der Waals surface area contributed by atoms with Gasteiger partial charge >= 0.3 is 5.97 Å². The van der Waals surface area contributed by atoms with E-state index in [-0.39, 0.29) is 18.5 Å². The molecule has 5 nitrogen and oxygen atoms in total. The number of nitrogens with zero attached hydrogens (tertiary/aromatic N) is 1. The summed E-state index contributed by atoms with van der Waals surface area (Å²) >= 11 is 0. The number of carboxylic acids is 1. The topological polar surface area (TPSA) is 83.6 Å². The Morgan fingerprint density at radius 3 is 2.32 bits per heavy atom. The predicted molar refractivity (Wildman–Crippen MR) is 73.7 cm³/mol. The maximum absolute atomic E-state index is 12.8. The van der Waals surface area contributed by atoms with Crippen LogP contribution in [-0.4, -0.2) is 41.0 Å². The fourth-order valence-corrected chi connectivity index (χ4v) is 2.83. The van der Waals surface area contributed by atoms with Crippen LogP contribution in [0.2, 0.25) is 0 Å². The van der Waals surface area contributed by atoms with E-state index in [0.717, 1.165) is 38.5 Å². The Labute approximate surface area is 115 Å².